The SMILES string of the molecule is COCC1CC2(CN(C(=O)CCCc3nc4ccccc4s3)C2)CN1C. The third kappa shape index (κ3) is 3.50. The second-order valence-electron chi connectivity index (χ2n) is 7.91. The number of thiazole rings is 1. The minimum absolute atomic E-state index is 0.301. The van der Waals surface area contributed by atoms with E-state index in [1.54, 1.807) is 18.4 Å². The summed E-state index contributed by atoms with van der Waals surface area (Å²) in [6.45, 7) is 3.69. The fourth-order valence-electron chi connectivity index (χ4n) is 4.50. The van der Waals surface area contributed by atoms with Crippen LogP contribution < -0.4 is 0 Å². The van der Waals surface area contributed by atoms with E-state index in [0.717, 1.165) is 56.0 Å². The lowest BCUT2D eigenvalue weighted by molar-refractivity contribution is -0.142. The Kier molecular flexibility index (Phi) is 4.99. The highest BCUT2D eigenvalue weighted by Crippen LogP contribution is 2.42. The summed E-state index contributed by atoms with van der Waals surface area (Å²) in [5.74, 6) is 0.301. The highest BCUT2D eigenvalue weighted by molar-refractivity contribution is 7.18. The number of carbonyl (C=O) groups is 1. The maximum Gasteiger partial charge on any atom is 0.222 e. The normalized spacial score (nSPS) is 22.2. The van der Waals surface area contributed by atoms with Crippen LogP contribution in [-0.2, 0) is 16.0 Å². The van der Waals surface area contributed by atoms with Crippen LogP contribution >= 0.6 is 11.3 Å². The van der Waals surface area contributed by atoms with E-state index in [1.807, 2.05) is 17.0 Å². The Bertz CT molecular complexity index is 751. The van der Waals surface area contributed by atoms with Crippen LogP contribution in [0.3, 0.4) is 0 Å². The van der Waals surface area contributed by atoms with E-state index < -0.39 is 0 Å². The Labute approximate surface area is 159 Å². The molecule has 0 aliphatic carbocycles. The first-order valence-corrected chi connectivity index (χ1v) is 10.2. The molecule has 2 aliphatic heterocycles. The highest BCUT2D eigenvalue weighted by Gasteiger charge is 2.51. The predicted molar refractivity (Wildman–Crippen MR) is 104 cm³/mol. The Hall–Kier alpha value is -1.50. The average Bonchev–Trinajstić information content (AvgIpc) is 3.15. The van der Waals surface area contributed by atoms with Gasteiger partial charge in [-0.1, -0.05) is 12.1 Å². The molecule has 6 heteroatoms. The van der Waals surface area contributed by atoms with Crippen molar-refractivity contribution in [2.75, 3.05) is 40.4 Å². The molecule has 26 heavy (non-hydrogen) atoms. The minimum atomic E-state index is 0.301. The molecule has 1 aromatic heterocycles. The number of nitrogens with zero attached hydrogens (tertiary/aromatic N) is 3. The molecule has 0 bridgehead atoms. The van der Waals surface area contributed by atoms with Gasteiger partial charge in [0.25, 0.3) is 0 Å². The Morgan fingerprint density at radius 2 is 2.15 bits per heavy atom. The van der Waals surface area contributed by atoms with E-state index in [-0.39, 0.29) is 0 Å². The van der Waals surface area contributed by atoms with Gasteiger partial charge in [0.2, 0.25) is 5.91 Å². The zero-order valence-corrected chi connectivity index (χ0v) is 16.4. The number of likely N-dealkylation sites (N-methyl/N-ethyl adjacent to an activating group) is 1. The Morgan fingerprint density at radius 1 is 1.35 bits per heavy atom. The molecule has 3 heterocycles. The van der Waals surface area contributed by atoms with Crippen molar-refractivity contribution in [2.24, 2.45) is 5.41 Å². The van der Waals surface area contributed by atoms with Gasteiger partial charge in [0.1, 0.15) is 0 Å². The van der Waals surface area contributed by atoms with Gasteiger partial charge < -0.3 is 14.5 Å². The first-order chi connectivity index (χ1) is 12.6. The lowest BCUT2D eigenvalue weighted by atomic mass is 9.77. The standard InChI is InChI=1S/C20H27N3O2S/c1-22-12-20(10-15(22)11-25-2)13-23(14-20)19(24)9-5-8-18-21-16-6-3-4-7-17(16)26-18/h3-4,6-7,15H,5,8-14H2,1-2H3. The summed E-state index contributed by atoms with van der Waals surface area (Å²) in [4.78, 5) is 21.6. The van der Waals surface area contributed by atoms with Crippen LogP contribution in [0.2, 0.25) is 0 Å². The molecule has 1 spiro atoms. The molecule has 5 nitrogen and oxygen atoms in total. The maximum absolute atomic E-state index is 12.5. The van der Waals surface area contributed by atoms with Gasteiger partial charge in [0.05, 0.1) is 21.8 Å². The van der Waals surface area contributed by atoms with Crippen LogP contribution in [0.1, 0.15) is 24.3 Å². The van der Waals surface area contributed by atoms with Crippen molar-refractivity contribution in [3.8, 4) is 0 Å². The number of hydrogen-bond acceptors (Lipinski definition) is 5. The van der Waals surface area contributed by atoms with E-state index in [1.165, 1.54) is 4.70 Å². The van der Waals surface area contributed by atoms with Gasteiger partial charge in [0.15, 0.2) is 0 Å². The number of hydrogen-bond donors (Lipinski definition) is 0. The molecule has 2 aliphatic rings. The first-order valence-electron chi connectivity index (χ1n) is 9.40. The topological polar surface area (TPSA) is 45.7 Å². The number of aromatic nitrogens is 1. The number of methoxy groups -OCH3 is 1. The first kappa shape index (κ1) is 17.9. The Morgan fingerprint density at radius 3 is 2.92 bits per heavy atom. The summed E-state index contributed by atoms with van der Waals surface area (Å²) < 4.78 is 6.55. The maximum atomic E-state index is 12.5. The zero-order valence-electron chi connectivity index (χ0n) is 15.6. The molecule has 140 valence electrons. The molecular formula is C20H27N3O2S. The van der Waals surface area contributed by atoms with Crippen molar-refractivity contribution in [2.45, 2.75) is 31.7 Å². The summed E-state index contributed by atoms with van der Waals surface area (Å²) in [7, 11) is 3.93. The average molecular weight is 374 g/mol. The second kappa shape index (κ2) is 7.25. The lowest BCUT2D eigenvalue weighted by Gasteiger charge is -2.48. The third-order valence-corrected chi connectivity index (χ3v) is 6.86. The van der Waals surface area contributed by atoms with E-state index >= 15 is 0 Å². The second-order valence-corrected chi connectivity index (χ2v) is 9.02. The number of ether oxygens (including phenoxy) is 1. The number of benzene rings is 1. The summed E-state index contributed by atoms with van der Waals surface area (Å²) >= 11 is 1.74. The van der Waals surface area contributed by atoms with Gasteiger partial charge in [-0.2, -0.15) is 0 Å². The molecule has 1 amide bonds. The molecule has 0 N–H and O–H groups in total. The number of rotatable bonds is 6. The molecule has 1 unspecified atom stereocenters. The number of carbonyl (C=O) groups excluding carboxylic acids is 1. The van der Waals surface area contributed by atoms with Crippen LogP contribution in [0.25, 0.3) is 10.2 Å². The van der Waals surface area contributed by atoms with Gasteiger partial charge in [-0.15, -0.1) is 11.3 Å². The molecule has 2 saturated heterocycles. The van der Waals surface area contributed by atoms with Crippen LogP contribution in [-0.4, -0.2) is 67.1 Å². The summed E-state index contributed by atoms with van der Waals surface area (Å²) in [6, 6.07) is 8.72. The molecule has 0 radical (unpaired) electrons. The molecule has 2 fully saturated rings. The monoisotopic (exact) mass is 373 g/mol. The number of aryl methyl sites for hydroxylation is 1. The largest absolute Gasteiger partial charge is 0.383 e. The number of fused-ring (bicyclic) bond motifs is 1. The number of para-hydroxylation sites is 1. The van der Waals surface area contributed by atoms with E-state index in [4.69, 9.17) is 4.74 Å². The fourth-order valence-corrected chi connectivity index (χ4v) is 5.51. The molecule has 2 aromatic rings. The minimum Gasteiger partial charge on any atom is -0.383 e. The molecule has 1 atom stereocenters. The van der Waals surface area contributed by atoms with Crippen LogP contribution in [0.15, 0.2) is 24.3 Å². The van der Waals surface area contributed by atoms with Crippen molar-refractivity contribution >= 4 is 27.5 Å². The quantitative estimate of drug-likeness (QED) is 0.781. The van der Waals surface area contributed by atoms with E-state index in [9.17, 15) is 4.79 Å². The van der Waals surface area contributed by atoms with Gasteiger partial charge in [-0.3, -0.25) is 4.79 Å². The summed E-state index contributed by atoms with van der Waals surface area (Å²) in [6.07, 6.45) is 3.55. The number of likely N-dealkylation sites (tertiary alicyclic amines) is 2. The zero-order chi connectivity index (χ0) is 18.1. The van der Waals surface area contributed by atoms with Gasteiger partial charge in [-0.05, 0) is 38.4 Å². The molecule has 4 rings (SSSR count). The third-order valence-electron chi connectivity index (χ3n) is 5.76. The van der Waals surface area contributed by atoms with Crippen LogP contribution in [0.4, 0.5) is 0 Å². The van der Waals surface area contributed by atoms with Gasteiger partial charge in [0, 0.05) is 44.6 Å². The molecule has 0 saturated carbocycles. The van der Waals surface area contributed by atoms with Crippen molar-refractivity contribution in [3.05, 3.63) is 29.3 Å². The van der Waals surface area contributed by atoms with Crippen molar-refractivity contribution < 1.29 is 9.53 Å². The van der Waals surface area contributed by atoms with Crippen molar-refractivity contribution in [1.82, 2.24) is 14.8 Å². The summed E-state index contributed by atoms with van der Waals surface area (Å²) in [5, 5.41) is 1.14. The Balaban J connectivity index is 1.23. The number of amides is 1. The lowest BCUT2D eigenvalue weighted by Crippen LogP contribution is -2.59. The van der Waals surface area contributed by atoms with Crippen LogP contribution in [0, 0.1) is 5.41 Å². The summed E-state index contributed by atoms with van der Waals surface area (Å²) in [5.41, 5.74) is 1.38. The molecule has 1 aromatic carbocycles. The fraction of sp³-hybridized carbons (Fsp3) is 0.600. The molecular weight excluding hydrogens is 346 g/mol. The predicted octanol–water partition coefficient (Wildman–Crippen LogP) is 2.80. The van der Waals surface area contributed by atoms with E-state index in [0.29, 0.717) is 23.8 Å². The smallest absolute Gasteiger partial charge is 0.222 e. The van der Waals surface area contributed by atoms with Gasteiger partial charge in [-0.25, -0.2) is 4.98 Å². The van der Waals surface area contributed by atoms with E-state index in [2.05, 4.69) is 29.1 Å². The van der Waals surface area contributed by atoms with Gasteiger partial charge >= 0.3 is 0 Å². The van der Waals surface area contributed by atoms with Crippen molar-refractivity contribution in [3.63, 3.8) is 0 Å². The van der Waals surface area contributed by atoms with Crippen molar-refractivity contribution in [1.29, 1.82) is 0 Å². The highest BCUT2D eigenvalue weighted by atomic mass is 32.1. The van der Waals surface area contributed by atoms with Crippen LogP contribution in [0.5, 0.6) is 0 Å².